The molecular formula is C15H20F3N3O3S. The quantitative estimate of drug-likeness (QED) is 0.785. The molecule has 1 aromatic rings. The number of alkyl halides is 3. The first-order valence-corrected chi connectivity index (χ1v) is 9.03. The maximum Gasteiger partial charge on any atom is 0.405 e. The number of benzene rings is 1. The number of hydrogen-bond donors (Lipinski definition) is 1. The Hall–Kier alpha value is -1.65. The summed E-state index contributed by atoms with van der Waals surface area (Å²) in [4.78, 5) is 11.7. The molecule has 0 saturated heterocycles. The minimum Gasteiger partial charge on any atom is -0.343 e. The molecule has 1 aliphatic rings. The molecule has 1 amide bonds. The van der Waals surface area contributed by atoms with Crippen LogP contribution in [0.15, 0.2) is 24.3 Å². The molecule has 1 aromatic carbocycles. The number of nitrogens with zero attached hydrogens (tertiary/aromatic N) is 2. The number of carbonyl (C=O) groups excluding carboxylic acids is 1. The number of halogens is 3. The van der Waals surface area contributed by atoms with Gasteiger partial charge in [0.1, 0.15) is 6.54 Å². The first-order valence-electron chi connectivity index (χ1n) is 7.64. The fraction of sp³-hybridized carbons (Fsp3) is 0.533. The fourth-order valence-electron chi connectivity index (χ4n) is 2.20. The van der Waals surface area contributed by atoms with E-state index in [1.54, 1.807) is 17.4 Å². The van der Waals surface area contributed by atoms with Gasteiger partial charge < -0.3 is 5.32 Å². The zero-order valence-corrected chi connectivity index (χ0v) is 14.7. The van der Waals surface area contributed by atoms with Gasteiger partial charge in [0.05, 0.1) is 0 Å². The van der Waals surface area contributed by atoms with Crippen molar-refractivity contribution in [3.63, 3.8) is 0 Å². The van der Waals surface area contributed by atoms with Crippen molar-refractivity contribution in [2.24, 2.45) is 0 Å². The highest BCUT2D eigenvalue weighted by atomic mass is 32.2. The van der Waals surface area contributed by atoms with Crippen LogP contribution >= 0.6 is 0 Å². The standard InChI is InChI=1S/C15H20F3N3O3S/c1-20(2)25(23,24)21(13-7-8-13)9-11-3-5-12(6-4-11)14(22)19-10-15(16,17)18/h3-6,13H,7-10H2,1-2H3,(H,19,22). The first-order chi connectivity index (χ1) is 11.5. The minimum atomic E-state index is -4.47. The van der Waals surface area contributed by atoms with E-state index in [9.17, 15) is 26.4 Å². The van der Waals surface area contributed by atoms with E-state index >= 15 is 0 Å². The van der Waals surface area contributed by atoms with Crippen LogP contribution in [0.4, 0.5) is 13.2 Å². The monoisotopic (exact) mass is 379 g/mol. The third-order valence-electron chi connectivity index (χ3n) is 3.72. The van der Waals surface area contributed by atoms with Crippen LogP contribution in [-0.4, -0.2) is 55.8 Å². The molecule has 0 heterocycles. The Morgan fingerprint density at radius 2 is 1.76 bits per heavy atom. The summed E-state index contributed by atoms with van der Waals surface area (Å²) in [6, 6.07) is 5.82. The zero-order valence-electron chi connectivity index (χ0n) is 13.9. The molecule has 1 N–H and O–H groups in total. The molecule has 0 radical (unpaired) electrons. The van der Waals surface area contributed by atoms with Crippen LogP contribution in [0.3, 0.4) is 0 Å². The summed E-state index contributed by atoms with van der Waals surface area (Å²) in [5, 5.41) is 1.79. The largest absolute Gasteiger partial charge is 0.405 e. The lowest BCUT2D eigenvalue weighted by atomic mass is 10.1. The Bertz CT molecular complexity index is 714. The number of carbonyl (C=O) groups is 1. The van der Waals surface area contributed by atoms with Gasteiger partial charge >= 0.3 is 6.18 Å². The van der Waals surface area contributed by atoms with Crippen LogP contribution in [0.5, 0.6) is 0 Å². The molecule has 0 aromatic heterocycles. The SMILES string of the molecule is CN(C)S(=O)(=O)N(Cc1ccc(C(=O)NCC(F)(F)F)cc1)C1CC1. The van der Waals surface area contributed by atoms with Gasteiger partial charge in [-0.3, -0.25) is 4.79 Å². The van der Waals surface area contributed by atoms with Crippen molar-refractivity contribution in [3.05, 3.63) is 35.4 Å². The van der Waals surface area contributed by atoms with Gasteiger partial charge in [-0.2, -0.15) is 30.2 Å². The average Bonchev–Trinajstić information content (AvgIpc) is 3.34. The van der Waals surface area contributed by atoms with Crippen LogP contribution in [0, 0.1) is 0 Å². The third-order valence-corrected chi connectivity index (χ3v) is 5.66. The molecule has 0 bridgehead atoms. The van der Waals surface area contributed by atoms with Gasteiger partial charge in [0.2, 0.25) is 0 Å². The summed E-state index contributed by atoms with van der Waals surface area (Å²) in [5.74, 6) is -0.830. The Morgan fingerprint density at radius 3 is 2.20 bits per heavy atom. The lowest BCUT2D eigenvalue weighted by molar-refractivity contribution is -0.123. The van der Waals surface area contributed by atoms with Crippen molar-refractivity contribution < 1.29 is 26.4 Å². The highest BCUT2D eigenvalue weighted by Crippen LogP contribution is 2.31. The van der Waals surface area contributed by atoms with Gasteiger partial charge in [-0.25, -0.2) is 0 Å². The summed E-state index contributed by atoms with van der Waals surface area (Å²) >= 11 is 0. The molecule has 1 aliphatic carbocycles. The molecule has 1 saturated carbocycles. The summed E-state index contributed by atoms with van der Waals surface area (Å²) in [7, 11) is -0.649. The number of nitrogens with one attached hydrogen (secondary N) is 1. The average molecular weight is 379 g/mol. The predicted molar refractivity (Wildman–Crippen MR) is 86.0 cm³/mol. The molecule has 25 heavy (non-hydrogen) atoms. The Balaban J connectivity index is 2.05. The van der Waals surface area contributed by atoms with E-state index in [-0.39, 0.29) is 18.2 Å². The fourth-order valence-corrected chi connectivity index (χ4v) is 3.51. The Morgan fingerprint density at radius 1 is 1.20 bits per heavy atom. The van der Waals surface area contributed by atoms with Gasteiger partial charge in [-0.05, 0) is 30.5 Å². The molecule has 0 unspecified atom stereocenters. The van der Waals surface area contributed by atoms with Crippen LogP contribution in [0.2, 0.25) is 0 Å². The molecule has 6 nitrogen and oxygen atoms in total. The summed E-state index contributed by atoms with van der Waals surface area (Å²) in [6.07, 6.45) is -2.88. The Kier molecular flexibility index (Phi) is 5.75. The van der Waals surface area contributed by atoms with Gasteiger partial charge in [0.25, 0.3) is 16.1 Å². The topological polar surface area (TPSA) is 69.7 Å². The highest BCUT2D eigenvalue weighted by Gasteiger charge is 2.38. The summed E-state index contributed by atoms with van der Waals surface area (Å²) < 4.78 is 63.6. The zero-order chi connectivity index (χ0) is 18.8. The van der Waals surface area contributed by atoms with Crippen molar-refractivity contribution in [2.45, 2.75) is 31.6 Å². The van der Waals surface area contributed by atoms with Gasteiger partial charge in [-0.1, -0.05) is 12.1 Å². The smallest absolute Gasteiger partial charge is 0.343 e. The van der Waals surface area contributed by atoms with E-state index in [1.165, 1.54) is 30.5 Å². The second kappa shape index (κ2) is 7.30. The van der Waals surface area contributed by atoms with Crippen molar-refractivity contribution >= 4 is 16.1 Å². The van der Waals surface area contributed by atoms with E-state index < -0.39 is 28.8 Å². The molecule has 0 aliphatic heterocycles. The lowest BCUT2D eigenvalue weighted by Crippen LogP contribution is -2.40. The molecule has 0 atom stereocenters. The van der Waals surface area contributed by atoms with E-state index in [0.29, 0.717) is 5.56 Å². The van der Waals surface area contributed by atoms with E-state index in [0.717, 1.165) is 17.1 Å². The van der Waals surface area contributed by atoms with Gasteiger partial charge in [0.15, 0.2) is 0 Å². The van der Waals surface area contributed by atoms with Gasteiger partial charge in [-0.15, -0.1) is 0 Å². The maximum absolute atomic E-state index is 12.4. The molecular weight excluding hydrogens is 359 g/mol. The minimum absolute atomic E-state index is 0.0397. The normalized spacial score (nSPS) is 15.6. The number of hydrogen-bond acceptors (Lipinski definition) is 3. The first kappa shape index (κ1) is 19.7. The van der Waals surface area contributed by atoms with Crippen molar-refractivity contribution in [3.8, 4) is 0 Å². The molecule has 10 heteroatoms. The van der Waals surface area contributed by atoms with Crippen LogP contribution in [-0.2, 0) is 16.8 Å². The number of rotatable bonds is 7. The van der Waals surface area contributed by atoms with Crippen molar-refractivity contribution in [2.75, 3.05) is 20.6 Å². The summed E-state index contributed by atoms with van der Waals surface area (Å²) in [6.45, 7) is -1.25. The van der Waals surface area contributed by atoms with Crippen molar-refractivity contribution in [1.82, 2.24) is 13.9 Å². The van der Waals surface area contributed by atoms with E-state index in [2.05, 4.69) is 0 Å². The van der Waals surface area contributed by atoms with Crippen molar-refractivity contribution in [1.29, 1.82) is 0 Å². The van der Waals surface area contributed by atoms with Crippen LogP contribution in [0.1, 0.15) is 28.8 Å². The molecule has 140 valence electrons. The molecule has 1 fully saturated rings. The maximum atomic E-state index is 12.4. The Labute approximate surface area is 144 Å². The second-order valence-corrected chi connectivity index (χ2v) is 8.16. The molecule has 0 spiro atoms. The lowest BCUT2D eigenvalue weighted by Gasteiger charge is -2.25. The third kappa shape index (κ3) is 5.41. The predicted octanol–water partition coefficient (Wildman–Crippen LogP) is 1.75. The van der Waals surface area contributed by atoms with Crippen LogP contribution in [0.25, 0.3) is 0 Å². The van der Waals surface area contributed by atoms with E-state index in [4.69, 9.17) is 0 Å². The second-order valence-electron chi connectivity index (χ2n) is 6.06. The summed E-state index contributed by atoms with van der Waals surface area (Å²) in [5.41, 5.74) is 0.742. The highest BCUT2D eigenvalue weighted by molar-refractivity contribution is 7.86. The van der Waals surface area contributed by atoms with Crippen LogP contribution < -0.4 is 5.32 Å². The molecule has 2 rings (SSSR count). The van der Waals surface area contributed by atoms with Gasteiger partial charge in [0, 0.05) is 32.2 Å². The van der Waals surface area contributed by atoms with E-state index in [1.807, 2.05) is 0 Å². The number of amides is 1.